The Hall–Kier alpha value is -6.00. The molecule has 0 unspecified atom stereocenters. The first-order chi connectivity index (χ1) is 40.5. The molecule has 0 aromatic rings. The Morgan fingerprint density at radius 2 is 0.929 bits per heavy atom. The van der Waals surface area contributed by atoms with Crippen LogP contribution in [0.4, 0.5) is 0 Å². The number of nitrogens with one attached hydrogen (secondary N) is 4. The fourth-order valence-electron chi connectivity index (χ4n) is 8.60. The summed E-state index contributed by atoms with van der Waals surface area (Å²) in [6.45, 7) is 2.44. The summed E-state index contributed by atoms with van der Waals surface area (Å²) in [6, 6.07) is -2.70. The lowest BCUT2D eigenvalue weighted by Crippen LogP contribution is -2.42. The minimum Gasteiger partial charge on any atom is -0.481 e. The summed E-state index contributed by atoms with van der Waals surface area (Å²) in [5.41, 5.74) is 2.14. The van der Waals surface area contributed by atoms with Crippen LogP contribution >= 0.6 is 0 Å². The lowest BCUT2D eigenvalue weighted by Gasteiger charge is -2.17. The standard InChI is InChI=1S/C58H98N4O23/c1-41(49(66)37-46(42(2)63)56(75)76)20-17-18-30-59-50(67)28-24-43(55(73)74)36-44(64)25-26-47(57(77)78)61-53(70)39-83-33-32-81-31-19-21-45(65)38-82-34-35-84-40-85-62-52(69)29-27-48(58(79)80)60-51(68)22-15-13-11-9-7-5-3-4-6-8-10-12-14-16-23-54(71)72/h41-43,46-48,63H,3-40H2,1-2H3,(H,59,67)(H,60,68)(H,61,70)(H,62,69)(H,71,72)(H,73,74)(H,75,76)(H,77,78)(H,79,80)/t41-,42-,43+,46+,47+,48-/m0/s1. The summed E-state index contributed by atoms with van der Waals surface area (Å²) >= 11 is 0. The van der Waals surface area contributed by atoms with Gasteiger partial charge in [-0.25, -0.2) is 19.9 Å². The second kappa shape index (κ2) is 51.2. The summed E-state index contributed by atoms with van der Waals surface area (Å²) in [4.78, 5) is 148. The molecule has 0 saturated heterocycles. The minimum absolute atomic E-state index is 0.0317. The molecule has 0 aliphatic rings. The van der Waals surface area contributed by atoms with Crippen molar-refractivity contribution in [1.82, 2.24) is 21.4 Å². The van der Waals surface area contributed by atoms with E-state index in [0.29, 0.717) is 32.1 Å². The number of Topliss-reactive ketones (excluding diaryl/α,β-unsaturated/α-hetero) is 3. The number of aliphatic carboxylic acids is 5. The van der Waals surface area contributed by atoms with Crippen molar-refractivity contribution in [3.05, 3.63) is 0 Å². The fourth-order valence-corrected chi connectivity index (χ4v) is 8.60. The molecule has 0 radical (unpaired) electrons. The van der Waals surface area contributed by atoms with Gasteiger partial charge in [-0.15, -0.1) is 0 Å². The summed E-state index contributed by atoms with van der Waals surface area (Å²) in [5, 5.41) is 63.6. The topological polar surface area (TPSA) is 420 Å². The van der Waals surface area contributed by atoms with Gasteiger partial charge in [-0.2, -0.15) is 0 Å². The SMILES string of the molecule is C[C@H](O)[C@@H](CC(=O)[C@@H](C)CCCCNC(=O)CC[C@H](CC(=O)CC[C@@H](NC(=O)COCCOCCCC(=O)COCCOCONC(=O)CC[C@H](NC(=O)CCCCCCCCCCCCCCCCC(=O)O)C(=O)O)C(=O)O)C(=O)O)C(=O)O. The molecule has 488 valence electrons. The van der Waals surface area contributed by atoms with Crippen molar-refractivity contribution in [3.63, 3.8) is 0 Å². The Kier molecular flexibility index (Phi) is 47.6. The van der Waals surface area contributed by atoms with E-state index in [4.69, 9.17) is 28.9 Å². The first-order valence-electron chi connectivity index (χ1n) is 30.0. The maximum atomic E-state index is 12.6. The van der Waals surface area contributed by atoms with Gasteiger partial charge in [0.1, 0.15) is 36.9 Å². The molecular formula is C58H98N4O23. The van der Waals surface area contributed by atoms with E-state index in [1.54, 1.807) is 6.92 Å². The quantitative estimate of drug-likeness (QED) is 0.0221. The highest BCUT2D eigenvalue weighted by Crippen LogP contribution is 2.19. The monoisotopic (exact) mass is 1220 g/mol. The number of hydroxylamine groups is 1. The van der Waals surface area contributed by atoms with Gasteiger partial charge in [0.2, 0.25) is 23.6 Å². The van der Waals surface area contributed by atoms with E-state index in [1.807, 2.05) is 0 Å². The van der Waals surface area contributed by atoms with E-state index in [2.05, 4.69) is 21.4 Å². The Balaban J connectivity index is 4.04. The van der Waals surface area contributed by atoms with Gasteiger partial charge in [0, 0.05) is 70.4 Å². The normalized spacial score (nSPS) is 13.3. The van der Waals surface area contributed by atoms with Crippen molar-refractivity contribution in [2.75, 3.05) is 59.6 Å². The first kappa shape index (κ1) is 79.0. The van der Waals surface area contributed by atoms with Crippen molar-refractivity contribution in [1.29, 1.82) is 0 Å². The van der Waals surface area contributed by atoms with Crippen molar-refractivity contribution >= 4 is 70.8 Å². The van der Waals surface area contributed by atoms with E-state index in [-0.39, 0.29) is 129 Å². The first-order valence-corrected chi connectivity index (χ1v) is 30.0. The summed E-state index contributed by atoms with van der Waals surface area (Å²) in [5.74, 6) is -12.1. The molecule has 10 N–H and O–H groups in total. The smallest absolute Gasteiger partial charge is 0.326 e. The molecule has 0 aliphatic carbocycles. The number of ketones is 3. The number of carboxylic acid groups (broad SMARTS) is 5. The lowest BCUT2D eigenvalue weighted by atomic mass is 9.89. The van der Waals surface area contributed by atoms with Gasteiger partial charge in [0.05, 0.1) is 44.4 Å². The van der Waals surface area contributed by atoms with Gasteiger partial charge < -0.3 is 65.5 Å². The van der Waals surface area contributed by atoms with Crippen molar-refractivity contribution in [3.8, 4) is 0 Å². The number of ether oxygens (including phenoxy) is 4. The minimum atomic E-state index is -1.47. The van der Waals surface area contributed by atoms with Crippen molar-refractivity contribution in [2.24, 2.45) is 17.8 Å². The van der Waals surface area contributed by atoms with Gasteiger partial charge in [0.15, 0.2) is 12.6 Å². The molecule has 0 aromatic heterocycles. The van der Waals surface area contributed by atoms with Crippen LogP contribution in [0.25, 0.3) is 0 Å². The van der Waals surface area contributed by atoms with E-state index in [1.165, 1.54) is 39.0 Å². The molecule has 0 heterocycles. The molecule has 0 aliphatic heterocycles. The van der Waals surface area contributed by atoms with Gasteiger partial charge in [-0.1, -0.05) is 90.4 Å². The highest BCUT2D eigenvalue weighted by atomic mass is 16.8. The number of amides is 4. The number of aliphatic hydroxyl groups excluding tert-OH is 1. The Bertz CT molecular complexity index is 1990. The van der Waals surface area contributed by atoms with Crippen molar-refractivity contribution < 1.29 is 112 Å². The van der Waals surface area contributed by atoms with Crippen LogP contribution in [0, 0.1) is 17.8 Å². The fraction of sp³-hybridized carbons (Fsp3) is 0.793. The van der Waals surface area contributed by atoms with Gasteiger partial charge in [0.25, 0.3) is 0 Å². The van der Waals surface area contributed by atoms with Crippen LogP contribution in [0.3, 0.4) is 0 Å². The van der Waals surface area contributed by atoms with Crippen molar-refractivity contribution in [2.45, 2.75) is 218 Å². The third kappa shape index (κ3) is 46.9. The van der Waals surface area contributed by atoms with Crippen LogP contribution < -0.4 is 21.4 Å². The van der Waals surface area contributed by atoms with Crippen LogP contribution in [0.2, 0.25) is 0 Å². The zero-order chi connectivity index (χ0) is 63.6. The Morgan fingerprint density at radius 3 is 1.48 bits per heavy atom. The van der Waals surface area contributed by atoms with E-state index in [0.717, 1.165) is 51.4 Å². The molecule has 0 bridgehead atoms. The van der Waals surface area contributed by atoms with Crippen LogP contribution in [-0.4, -0.2) is 179 Å². The molecule has 85 heavy (non-hydrogen) atoms. The molecule has 4 amide bonds. The number of carboxylic acids is 5. The molecular weight excluding hydrogens is 1120 g/mol. The molecule has 0 rings (SSSR count). The number of hydrogen-bond acceptors (Lipinski definition) is 18. The highest BCUT2D eigenvalue weighted by Gasteiger charge is 2.29. The van der Waals surface area contributed by atoms with Crippen LogP contribution in [0.1, 0.15) is 200 Å². The number of aliphatic hydroxyl groups is 1. The van der Waals surface area contributed by atoms with Gasteiger partial charge in [-0.3, -0.25) is 47.9 Å². The number of carbonyl (C=O) groups is 12. The predicted octanol–water partition coefficient (Wildman–Crippen LogP) is 4.84. The Morgan fingerprint density at radius 1 is 0.412 bits per heavy atom. The molecule has 0 saturated carbocycles. The maximum absolute atomic E-state index is 12.6. The largest absolute Gasteiger partial charge is 0.481 e. The van der Waals surface area contributed by atoms with Gasteiger partial charge in [-0.05, 0) is 58.3 Å². The zero-order valence-electron chi connectivity index (χ0n) is 50.0. The summed E-state index contributed by atoms with van der Waals surface area (Å²) < 4.78 is 21.1. The third-order valence-corrected chi connectivity index (χ3v) is 13.8. The molecule has 0 spiro atoms. The molecule has 0 aromatic carbocycles. The predicted molar refractivity (Wildman–Crippen MR) is 304 cm³/mol. The second-order valence-electron chi connectivity index (χ2n) is 21.3. The average molecular weight is 1220 g/mol. The molecule has 27 nitrogen and oxygen atoms in total. The second-order valence-corrected chi connectivity index (χ2v) is 21.3. The highest BCUT2D eigenvalue weighted by molar-refractivity contribution is 5.88. The van der Waals surface area contributed by atoms with Crippen LogP contribution in [0.15, 0.2) is 0 Å². The summed E-state index contributed by atoms with van der Waals surface area (Å²) in [7, 11) is 0. The number of rotatable bonds is 60. The maximum Gasteiger partial charge on any atom is 0.326 e. The third-order valence-electron chi connectivity index (χ3n) is 13.8. The molecule has 6 atom stereocenters. The van der Waals surface area contributed by atoms with E-state index in [9.17, 15) is 83.1 Å². The van der Waals surface area contributed by atoms with E-state index < -0.39 is 108 Å². The van der Waals surface area contributed by atoms with Crippen LogP contribution in [0.5, 0.6) is 0 Å². The summed E-state index contributed by atoms with van der Waals surface area (Å²) in [6.07, 6.45) is 13.7. The van der Waals surface area contributed by atoms with E-state index >= 15 is 0 Å². The number of carbonyl (C=O) groups excluding carboxylic acids is 7. The zero-order valence-corrected chi connectivity index (χ0v) is 50.0. The van der Waals surface area contributed by atoms with Gasteiger partial charge >= 0.3 is 29.8 Å². The Labute approximate surface area is 498 Å². The number of unbranched alkanes of at least 4 members (excludes halogenated alkanes) is 14. The molecule has 27 heteroatoms. The molecule has 0 fully saturated rings. The average Bonchev–Trinajstić information content (AvgIpc) is 3.55. The lowest BCUT2D eigenvalue weighted by molar-refractivity contribution is -0.151. The van der Waals surface area contributed by atoms with Crippen LogP contribution in [-0.2, 0) is 81.3 Å². The number of hydrogen-bond donors (Lipinski definition) is 10.